The molecule has 1 saturated heterocycles. The Hall–Kier alpha value is 0.210. The zero-order valence-electron chi connectivity index (χ0n) is 7.92. The van der Waals surface area contributed by atoms with Crippen LogP contribution in [0, 0.1) is 5.92 Å². The molecule has 0 aliphatic carbocycles. The third kappa shape index (κ3) is 2.61. The smallest absolute Gasteiger partial charge is 0.0469 e. The van der Waals surface area contributed by atoms with Crippen molar-refractivity contribution in [2.45, 2.75) is 18.9 Å². The van der Waals surface area contributed by atoms with Crippen LogP contribution in [0.5, 0.6) is 0 Å². The molecular formula is C9H18ClNO. The highest BCUT2D eigenvalue weighted by Crippen LogP contribution is 2.22. The Morgan fingerprint density at radius 1 is 1.42 bits per heavy atom. The van der Waals surface area contributed by atoms with Crippen LogP contribution in [0.25, 0.3) is 0 Å². The van der Waals surface area contributed by atoms with Gasteiger partial charge in [0.15, 0.2) is 0 Å². The number of nitrogens with zero attached hydrogens (tertiary/aromatic N) is 1. The molecule has 2 nitrogen and oxygen atoms in total. The van der Waals surface area contributed by atoms with Crippen molar-refractivity contribution in [1.29, 1.82) is 0 Å². The Balaban J connectivity index is 2.40. The molecular weight excluding hydrogens is 174 g/mol. The Morgan fingerprint density at radius 3 is 2.42 bits per heavy atom. The highest BCUT2D eigenvalue weighted by Gasteiger charge is 2.24. The Kier molecular flexibility index (Phi) is 4.33. The first kappa shape index (κ1) is 10.3. The van der Waals surface area contributed by atoms with E-state index in [9.17, 15) is 0 Å². The van der Waals surface area contributed by atoms with Crippen molar-refractivity contribution < 1.29 is 4.74 Å². The van der Waals surface area contributed by atoms with Crippen molar-refractivity contribution in [3.63, 3.8) is 0 Å². The van der Waals surface area contributed by atoms with E-state index in [1.54, 1.807) is 0 Å². The topological polar surface area (TPSA) is 12.5 Å². The lowest BCUT2D eigenvalue weighted by atomic mass is 9.92. The van der Waals surface area contributed by atoms with Crippen molar-refractivity contribution in [2.75, 3.05) is 33.2 Å². The van der Waals surface area contributed by atoms with Crippen molar-refractivity contribution in [3.05, 3.63) is 0 Å². The second-order valence-electron chi connectivity index (χ2n) is 3.64. The number of alkyl halides is 1. The number of halogens is 1. The van der Waals surface area contributed by atoms with Crippen LogP contribution in [-0.2, 0) is 4.74 Å². The van der Waals surface area contributed by atoms with Gasteiger partial charge in [-0.3, -0.25) is 0 Å². The molecule has 0 saturated carbocycles. The zero-order valence-corrected chi connectivity index (χ0v) is 8.68. The van der Waals surface area contributed by atoms with E-state index < -0.39 is 0 Å². The minimum Gasteiger partial charge on any atom is -0.381 e. The summed E-state index contributed by atoms with van der Waals surface area (Å²) >= 11 is 5.91. The third-order valence-corrected chi connectivity index (χ3v) is 2.95. The fourth-order valence-electron chi connectivity index (χ4n) is 1.79. The predicted octanol–water partition coefficient (Wildman–Crippen LogP) is 1.58. The SMILES string of the molecule is CN(C)C(CCl)C1CCOCC1. The standard InChI is InChI=1S/C9H18ClNO/c1-11(2)9(7-10)8-3-5-12-6-4-8/h8-9H,3-7H2,1-2H3. The second-order valence-corrected chi connectivity index (χ2v) is 3.94. The quantitative estimate of drug-likeness (QED) is 0.629. The van der Waals surface area contributed by atoms with Gasteiger partial charge in [-0.1, -0.05) is 0 Å². The van der Waals surface area contributed by atoms with Gasteiger partial charge in [-0.05, 0) is 32.9 Å². The highest BCUT2D eigenvalue weighted by molar-refractivity contribution is 6.18. The van der Waals surface area contributed by atoms with Gasteiger partial charge in [0.05, 0.1) is 0 Å². The van der Waals surface area contributed by atoms with Gasteiger partial charge < -0.3 is 9.64 Å². The van der Waals surface area contributed by atoms with Crippen LogP contribution in [0.3, 0.4) is 0 Å². The normalized spacial score (nSPS) is 23.0. The Labute approximate surface area is 79.8 Å². The lowest BCUT2D eigenvalue weighted by Gasteiger charge is -2.33. The van der Waals surface area contributed by atoms with Crippen LogP contribution in [0.2, 0.25) is 0 Å². The van der Waals surface area contributed by atoms with Gasteiger partial charge in [-0.25, -0.2) is 0 Å². The fourth-order valence-corrected chi connectivity index (χ4v) is 2.31. The Morgan fingerprint density at radius 2 is 2.00 bits per heavy atom. The molecule has 0 bridgehead atoms. The van der Waals surface area contributed by atoms with Gasteiger partial charge in [0.2, 0.25) is 0 Å². The third-order valence-electron chi connectivity index (χ3n) is 2.63. The molecule has 1 aliphatic heterocycles. The summed E-state index contributed by atoms with van der Waals surface area (Å²) in [5.41, 5.74) is 0. The maximum Gasteiger partial charge on any atom is 0.0469 e. The lowest BCUT2D eigenvalue weighted by molar-refractivity contribution is 0.0415. The first-order valence-corrected chi connectivity index (χ1v) is 5.09. The minimum absolute atomic E-state index is 0.524. The molecule has 0 radical (unpaired) electrons. The van der Waals surface area contributed by atoms with E-state index in [1.165, 1.54) is 0 Å². The van der Waals surface area contributed by atoms with Crippen LogP contribution in [0.4, 0.5) is 0 Å². The summed E-state index contributed by atoms with van der Waals surface area (Å²) in [6.45, 7) is 1.82. The molecule has 72 valence electrons. The first-order chi connectivity index (χ1) is 5.75. The number of hydrogen-bond acceptors (Lipinski definition) is 2. The van der Waals surface area contributed by atoms with Crippen molar-refractivity contribution in [2.24, 2.45) is 5.92 Å². The molecule has 1 aliphatic rings. The summed E-state index contributed by atoms with van der Waals surface area (Å²) in [5, 5.41) is 0. The molecule has 1 atom stereocenters. The summed E-state index contributed by atoms with van der Waals surface area (Å²) in [4.78, 5) is 2.23. The largest absolute Gasteiger partial charge is 0.381 e. The van der Waals surface area contributed by atoms with Gasteiger partial charge in [0.25, 0.3) is 0 Å². The average molecular weight is 192 g/mol. The summed E-state index contributed by atoms with van der Waals surface area (Å²) in [7, 11) is 4.20. The van der Waals surface area contributed by atoms with Gasteiger partial charge in [0, 0.05) is 25.1 Å². The van der Waals surface area contributed by atoms with Crippen molar-refractivity contribution in [1.82, 2.24) is 4.90 Å². The van der Waals surface area contributed by atoms with Crippen LogP contribution >= 0.6 is 11.6 Å². The highest BCUT2D eigenvalue weighted by atomic mass is 35.5. The molecule has 1 fully saturated rings. The van der Waals surface area contributed by atoms with Gasteiger partial charge in [0.1, 0.15) is 0 Å². The summed E-state index contributed by atoms with van der Waals surface area (Å²) in [6, 6.07) is 0.524. The molecule has 0 spiro atoms. The van der Waals surface area contributed by atoms with E-state index in [2.05, 4.69) is 19.0 Å². The molecule has 1 heterocycles. The molecule has 1 unspecified atom stereocenters. The summed E-state index contributed by atoms with van der Waals surface area (Å²) in [6.07, 6.45) is 2.32. The van der Waals surface area contributed by atoms with E-state index in [1.807, 2.05) is 0 Å². The molecule has 0 aromatic heterocycles. The maximum absolute atomic E-state index is 5.91. The van der Waals surface area contributed by atoms with E-state index in [0.717, 1.165) is 37.9 Å². The molecule has 0 amide bonds. The fraction of sp³-hybridized carbons (Fsp3) is 1.00. The number of hydrogen-bond donors (Lipinski definition) is 0. The molecule has 0 N–H and O–H groups in total. The van der Waals surface area contributed by atoms with Crippen LogP contribution < -0.4 is 0 Å². The zero-order chi connectivity index (χ0) is 8.97. The predicted molar refractivity (Wildman–Crippen MR) is 51.7 cm³/mol. The summed E-state index contributed by atoms with van der Waals surface area (Å²) < 4.78 is 5.31. The molecule has 0 aromatic rings. The number of ether oxygens (including phenoxy) is 1. The van der Waals surface area contributed by atoms with Crippen molar-refractivity contribution >= 4 is 11.6 Å². The van der Waals surface area contributed by atoms with E-state index in [4.69, 9.17) is 16.3 Å². The molecule has 3 heteroatoms. The Bertz CT molecular complexity index is 124. The first-order valence-electron chi connectivity index (χ1n) is 4.56. The minimum atomic E-state index is 0.524. The van der Waals surface area contributed by atoms with Crippen LogP contribution in [0.15, 0.2) is 0 Å². The molecule has 12 heavy (non-hydrogen) atoms. The van der Waals surface area contributed by atoms with Crippen LogP contribution in [-0.4, -0.2) is 44.1 Å². The van der Waals surface area contributed by atoms with Gasteiger partial charge >= 0.3 is 0 Å². The number of rotatable bonds is 3. The molecule has 1 rings (SSSR count). The molecule has 0 aromatic carbocycles. The van der Waals surface area contributed by atoms with Crippen LogP contribution in [0.1, 0.15) is 12.8 Å². The maximum atomic E-state index is 5.91. The van der Waals surface area contributed by atoms with E-state index >= 15 is 0 Å². The summed E-state index contributed by atoms with van der Waals surface area (Å²) in [5.74, 6) is 1.46. The average Bonchev–Trinajstić information content (AvgIpc) is 2.07. The van der Waals surface area contributed by atoms with Gasteiger partial charge in [-0.15, -0.1) is 11.6 Å². The van der Waals surface area contributed by atoms with E-state index in [0.29, 0.717) is 6.04 Å². The van der Waals surface area contributed by atoms with Crippen molar-refractivity contribution in [3.8, 4) is 0 Å². The van der Waals surface area contributed by atoms with E-state index in [-0.39, 0.29) is 0 Å². The van der Waals surface area contributed by atoms with Gasteiger partial charge in [-0.2, -0.15) is 0 Å². The second kappa shape index (κ2) is 5.05. The lowest BCUT2D eigenvalue weighted by Crippen LogP contribution is -2.39. The monoisotopic (exact) mass is 191 g/mol.